The van der Waals surface area contributed by atoms with Gasteiger partial charge in [-0.15, -0.1) is 0 Å². The monoisotopic (exact) mass is 263 g/mol. The predicted molar refractivity (Wildman–Crippen MR) is 51.1 cm³/mol. The Balaban J connectivity index is 2.66. The van der Waals surface area contributed by atoms with Gasteiger partial charge in [-0.2, -0.15) is 0 Å². The van der Waals surface area contributed by atoms with E-state index in [1.165, 1.54) is 0 Å². The van der Waals surface area contributed by atoms with Gasteiger partial charge in [0.2, 0.25) is 0 Å². The first kappa shape index (κ1) is 9.86. The molecule has 2 N–H and O–H groups in total. The van der Waals surface area contributed by atoms with Gasteiger partial charge in [-0.3, -0.25) is 0 Å². The van der Waals surface area contributed by atoms with Crippen molar-refractivity contribution in [1.82, 2.24) is 0 Å². The highest BCUT2D eigenvalue weighted by Crippen LogP contribution is 2.39. The highest BCUT2D eigenvalue weighted by atomic mass is 79.9. The van der Waals surface area contributed by atoms with Crippen molar-refractivity contribution in [3.05, 3.63) is 27.7 Å². The Hall–Kier alpha value is -0.680. The first-order valence-electron chi connectivity index (χ1n) is 4.17. The second-order valence-corrected chi connectivity index (χ2v) is 3.93. The van der Waals surface area contributed by atoms with Crippen molar-refractivity contribution in [3.63, 3.8) is 0 Å². The van der Waals surface area contributed by atoms with Crippen molar-refractivity contribution < 1.29 is 13.5 Å². The van der Waals surface area contributed by atoms with E-state index in [4.69, 9.17) is 10.5 Å². The fraction of sp³-hybridized carbons (Fsp3) is 0.333. The van der Waals surface area contributed by atoms with Gasteiger partial charge in [0.15, 0.2) is 0 Å². The molecule has 5 heteroatoms. The van der Waals surface area contributed by atoms with Crippen LogP contribution in [-0.4, -0.2) is 6.61 Å². The quantitative estimate of drug-likeness (QED) is 0.731. The van der Waals surface area contributed by atoms with E-state index in [-0.39, 0.29) is 15.8 Å². The lowest BCUT2D eigenvalue weighted by Gasteiger charge is -2.24. The van der Waals surface area contributed by atoms with E-state index >= 15 is 0 Å². The number of fused-ring (bicyclic) bond motifs is 1. The average Bonchev–Trinajstić information content (AvgIpc) is 2.14. The third-order valence-corrected chi connectivity index (χ3v) is 2.95. The molecule has 0 spiro atoms. The molecule has 2 rings (SSSR count). The van der Waals surface area contributed by atoms with E-state index in [9.17, 15) is 8.78 Å². The van der Waals surface area contributed by atoms with Crippen LogP contribution >= 0.6 is 15.9 Å². The van der Waals surface area contributed by atoms with E-state index in [0.717, 1.165) is 6.07 Å². The Morgan fingerprint density at radius 1 is 1.43 bits per heavy atom. The lowest BCUT2D eigenvalue weighted by molar-refractivity contribution is 0.260. The molecule has 0 aromatic heterocycles. The van der Waals surface area contributed by atoms with E-state index in [1.807, 2.05) is 0 Å². The summed E-state index contributed by atoms with van der Waals surface area (Å²) in [5, 5.41) is 0. The molecule has 0 amide bonds. The van der Waals surface area contributed by atoms with Crippen LogP contribution in [-0.2, 0) is 0 Å². The lowest BCUT2D eigenvalue weighted by Crippen LogP contribution is -2.22. The fourth-order valence-electron chi connectivity index (χ4n) is 1.51. The summed E-state index contributed by atoms with van der Waals surface area (Å²) in [6.45, 7) is 0.385. The molecule has 0 saturated carbocycles. The van der Waals surface area contributed by atoms with Gasteiger partial charge in [0, 0.05) is 24.1 Å². The zero-order chi connectivity index (χ0) is 10.3. The zero-order valence-corrected chi connectivity index (χ0v) is 8.77. The SMILES string of the molecule is N[C@@H]1CCOc2c(Br)c(F)cc(F)c21. The molecule has 1 aliphatic heterocycles. The van der Waals surface area contributed by atoms with Crippen molar-refractivity contribution in [2.24, 2.45) is 5.73 Å². The summed E-state index contributed by atoms with van der Waals surface area (Å²) in [6, 6.07) is 0.396. The molecule has 0 saturated heterocycles. The molecule has 0 fully saturated rings. The second kappa shape index (κ2) is 3.47. The van der Waals surface area contributed by atoms with E-state index in [1.54, 1.807) is 0 Å². The van der Waals surface area contributed by atoms with E-state index < -0.39 is 17.7 Å². The van der Waals surface area contributed by atoms with E-state index in [2.05, 4.69) is 15.9 Å². The minimum Gasteiger partial charge on any atom is -0.492 e. The van der Waals surface area contributed by atoms with Gasteiger partial charge in [0.1, 0.15) is 17.4 Å². The molecule has 0 bridgehead atoms. The molecule has 1 aliphatic rings. The molecule has 76 valence electrons. The topological polar surface area (TPSA) is 35.2 Å². The van der Waals surface area contributed by atoms with Gasteiger partial charge in [-0.05, 0) is 15.9 Å². The number of benzene rings is 1. The number of ether oxygens (including phenoxy) is 1. The summed E-state index contributed by atoms with van der Waals surface area (Å²) in [7, 11) is 0. The molecular weight excluding hydrogens is 256 g/mol. The molecule has 1 aromatic carbocycles. The summed E-state index contributed by atoms with van der Waals surface area (Å²) < 4.78 is 31.8. The van der Waals surface area contributed by atoms with Crippen LogP contribution in [0.4, 0.5) is 8.78 Å². The second-order valence-electron chi connectivity index (χ2n) is 3.14. The Labute approximate surface area is 88.2 Å². The first-order chi connectivity index (χ1) is 6.61. The van der Waals surface area contributed by atoms with Gasteiger partial charge < -0.3 is 10.5 Å². The number of halogens is 3. The highest BCUT2D eigenvalue weighted by Gasteiger charge is 2.26. The molecule has 0 radical (unpaired) electrons. The Bertz CT molecular complexity index is 384. The maximum Gasteiger partial charge on any atom is 0.144 e. The van der Waals surface area contributed by atoms with Gasteiger partial charge >= 0.3 is 0 Å². The maximum atomic E-state index is 13.3. The third-order valence-electron chi connectivity index (χ3n) is 2.21. The van der Waals surface area contributed by atoms with Crippen LogP contribution in [0.3, 0.4) is 0 Å². The molecule has 2 nitrogen and oxygen atoms in total. The number of rotatable bonds is 0. The van der Waals surface area contributed by atoms with Crippen molar-refractivity contribution in [3.8, 4) is 5.75 Å². The Kier molecular flexibility index (Phi) is 2.45. The van der Waals surface area contributed by atoms with Gasteiger partial charge in [-0.25, -0.2) is 8.78 Å². The highest BCUT2D eigenvalue weighted by molar-refractivity contribution is 9.10. The molecule has 14 heavy (non-hydrogen) atoms. The summed E-state index contributed by atoms with van der Waals surface area (Å²) >= 11 is 3.01. The van der Waals surface area contributed by atoms with Crippen LogP contribution in [0.1, 0.15) is 18.0 Å². The average molecular weight is 264 g/mol. The van der Waals surface area contributed by atoms with Gasteiger partial charge in [0.25, 0.3) is 0 Å². The predicted octanol–water partition coefficient (Wildman–Crippen LogP) is 2.51. The smallest absolute Gasteiger partial charge is 0.144 e. The standard InChI is InChI=1S/C9H8BrF2NO/c10-8-5(12)3-4(11)7-6(13)1-2-14-9(7)8/h3,6H,1-2,13H2/t6-/m1/s1. The Morgan fingerprint density at radius 2 is 2.14 bits per heavy atom. The summed E-state index contributed by atoms with van der Waals surface area (Å²) in [4.78, 5) is 0. The van der Waals surface area contributed by atoms with Gasteiger partial charge in [0.05, 0.1) is 11.1 Å². The minimum atomic E-state index is -0.671. The van der Waals surface area contributed by atoms with E-state index in [0.29, 0.717) is 13.0 Å². The molecule has 0 unspecified atom stereocenters. The molecule has 1 aromatic rings. The van der Waals surface area contributed by atoms with Crippen LogP contribution < -0.4 is 10.5 Å². The lowest BCUT2D eigenvalue weighted by atomic mass is 10.0. The van der Waals surface area contributed by atoms with Crippen LogP contribution in [0, 0.1) is 11.6 Å². The van der Waals surface area contributed by atoms with Gasteiger partial charge in [-0.1, -0.05) is 0 Å². The molecule has 1 atom stereocenters. The van der Waals surface area contributed by atoms with Crippen molar-refractivity contribution in [2.75, 3.05) is 6.61 Å². The number of hydrogen-bond donors (Lipinski definition) is 1. The first-order valence-corrected chi connectivity index (χ1v) is 4.96. The van der Waals surface area contributed by atoms with Crippen LogP contribution in [0.2, 0.25) is 0 Å². The van der Waals surface area contributed by atoms with Crippen molar-refractivity contribution >= 4 is 15.9 Å². The van der Waals surface area contributed by atoms with Crippen LogP contribution in [0.15, 0.2) is 10.5 Å². The normalized spacial score (nSPS) is 20.1. The zero-order valence-electron chi connectivity index (χ0n) is 7.19. The number of nitrogens with two attached hydrogens (primary N) is 1. The summed E-state index contributed by atoms with van der Waals surface area (Å²) in [6.07, 6.45) is 0.544. The van der Waals surface area contributed by atoms with Crippen molar-refractivity contribution in [1.29, 1.82) is 0 Å². The molecular formula is C9H8BrF2NO. The minimum absolute atomic E-state index is 0.143. The van der Waals surface area contributed by atoms with Crippen LogP contribution in [0.5, 0.6) is 5.75 Å². The fourth-order valence-corrected chi connectivity index (χ4v) is 1.95. The molecule has 1 heterocycles. The van der Waals surface area contributed by atoms with Crippen molar-refractivity contribution in [2.45, 2.75) is 12.5 Å². The largest absolute Gasteiger partial charge is 0.492 e. The summed E-state index contributed by atoms with van der Waals surface area (Å²) in [5.41, 5.74) is 5.96. The Morgan fingerprint density at radius 3 is 2.86 bits per heavy atom. The third kappa shape index (κ3) is 1.40. The summed E-state index contributed by atoms with van der Waals surface area (Å²) in [5.74, 6) is -1.12. The maximum absolute atomic E-state index is 13.3. The number of hydrogen-bond acceptors (Lipinski definition) is 2. The molecule has 0 aliphatic carbocycles. The van der Waals surface area contributed by atoms with Crippen LogP contribution in [0.25, 0.3) is 0 Å².